The van der Waals surface area contributed by atoms with Gasteiger partial charge >= 0.3 is 11.9 Å². The number of esters is 2. The van der Waals surface area contributed by atoms with E-state index < -0.39 is 17.7 Å². The van der Waals surface area contributed by atoms with Gasteiger partial charge in [-0.25, -0.2) is 9.59 Å². The zero-order valence-corrected chi connectivity index (χ0v) is 33.7. The number of hydrogen-bond donors (Lipinski definition) is 1. The molecule has 0 aliphatic carbocycles. The third-order valence-corrected chi connectivity index (χ3v) is 10.3. The van der Waals surface area contributed by atoms with Crippen molar-refractivity contribution >= 4 is 52.3 Å². The molecule has 0 amide bonds. The summed E-state index contributed by atoms with van der Waals surface area (Å²) in [7, 11) is 2.92. The van der Waals surface area contributed by atoms with E-state index in [-0.39, 0.29) is 17.9 Å². The molecule has 2 unspecified atom stereocenters. The third kappa shape index (κ3) is 11.7. The Labute approximate surface area is 325 Å². The summed E-state index contributed by atoms with van der Waals surface area (Å²) in [6.45, 7) is 9.69. The lowest BCUT2D eigenvalue weighted by atomic mass is 9.94. The van der Waals surface area contributed by atoms with Gasteiger partial charge in [0.25, 0.3) is 5.17 Å². The van der Waals surface area contributed by atoms with E-state index in [1.54, 1.807) is 31.4 Å². The highest BCUT2D eigenvalue weighted by molar-refractivity contribution is 7.80. The summed E-state index contributed by atoms with van der Waals surface area (Å²) in [4.78, 5) is 24.8. The van der Waals surface area contributed by atoms with Crippen LogP contribution < -0.4 is 14.8 Å². The number of benzene rings is 2. The molecule has 290 valence electrons. The van der Waals surface area contributed by atoms with Crippen LogP contribution in [-0.2, 0) is 36.7 Å². The zero-order chi connectivity index (χ0) is 38.4. The third-order valence-electron chi connectivity index (χ3n) is 9.80. The van der Waals surface area contributed by atoms with Crippen LogP contribution in [0.25, 0.3) is 0 Å². The molecule has 2 aromatic carbocycles. The topological polar surface area (TPSA) is 111 Å². The van der Waals surface area contributed by atoms with Gasteiger partial charge < -0.3 is 38.5 Å². The Bertz CT molecular complexity index is 1620. The summed E-state index contributed by atoms with van der Waals surface area (Å²) in [6, 6.07) is 6.60. The van der Waals surface area contributed by atoms with Crippen LogP contribution in [-0.4, -0.2) is 61.5 Å². The lowest BCUT2D eigenvalue weighted by Crippen LogP contribution is -2.30. The minimum atomic E-state index is -0.480. The van der Waals surface area contributed by atoms with Crippen molar-refractivity contribution in [1.29, 1.82) is 0 Å². The molecule has 2 aliphatic heterocycles. The quantitative estimate of drug-likeness (QED) is 0.0600. The van der Waals surface area contributed by atoms with E-state index in [4.69, 9.17) is 57.6 Å². The van der Waals surface area contributed by atoms with Gasteiger partial charge in [-0.3, -0.25) is 0 Å². The van der Waals surface area contributed by atoms with Crippen LogP contribution in [0, 0.1) is 6.92 Å². The summed E-state index contributed by atoms with van der Waals surface area (Å²) in [5.74, 6) is -0.433. The maximum absolute atomic E-state index is 13.0. The first-order valence-electron chi connectivity index (χ1n) is 18.7. The molecule has 1 N–H and O–H groups in total. The predicted octanol–water partition coefficient (Wildman–Crippen LogP) is 9.51. The second-order valence-corrected chi connectivity index (χ2v) is 14.4. The molecule has 0 spiro atoms. The van der Waals surface area contributed by atoms with E-state index in [1.807, 2.05) is 13.8 Å². The van der Waals surface area contributed by atoms with Gasteiger partial charge in [0, 0.05) is 29.7 Å². The van der Waals surface area contributed by atoms with E-state index >= 15 is 0 Å². The molecule has 53 heavy (non-hydrogen) atoms. The van der Waals surface area contributed by atoms with E-state index in [2.05, 4.69) is 25.2 Å². The van der Waals surface area contributed by atoms with Crippen molar-refractivity contribution in [3.8, 4) is 11.5 Å². The van der Waals surface area contributed by atoms with Crippen LogP contribution in [0.5, 0.6) is 11.5 Å². The van der Waals surface area contributed by atoms with Crippen molar-refractivity contribution in [1.82, 2.24) is 0 Å². The Kier molecular flexibility index (Phi) is 16.5. The smallest absolute Gasteiger partial charge is 0.342 e. The molecule has 1 saturated heterocycles. The second kappa shape index (κ2) is 20.8. The fraction of sp³-hybridized carbons (Fsp3) is 0.561. The first-order chi connectivity index (χ1) is 25.5. The maximum Gasteiger partial charge on any atom is 0.342 e. The molecule has 10 nitrogen and oxygen atoms in total. The van der Waals surface area contributed by atoms with Crippen LogP contribution >= 0.6 is 24.4 Å². The molecule has 0 radical (unpaired) electrons. The zero-order valence-electron chi connectivity index (χ0n) is 32.1. The van der Waals surface area contributed by atoms with Gasteiger partial charge in [-0.1, -0.05) is 44.8 Å². The van der Waals surface area contributed by atoms with Crippen LogP contribution in [0.1, 0.15) is 129 Å². The molecule has 2 aromatic rings. The highest BCUT2D eigenvalue weighted by atomic mass is 32.1. The number of nitrogens with one attached hydrogen (secondary N) is 1. The standard InChI is InChI=1S/C41H55NO9S2/c1-7-9-10-12-23-41(8-2)49-25-31(51-41)14-11-13-24-47-34(52)22-16-27(3)15-21-32-36(45-5)28(4)33-26-48-39(44)35(33)37(32)50-40(53)42-30-19-17-29(18-20-30)38(43)46-6/h15,17-20,31H,7-14,16,21-26H2,1-6H3,(H,42,53)/b27-15+. The van der Waals surface area contributed by atoms with Crippen molar-refractivity contribution in [2.24, 2.45) is 0 Å². The monoisotopic (exact) mass is 769 g/mol. The van der Waals surface area contributed by atoms with Crippen LogP contribution in [0.2, 0.25) is 0 Å². The van der Waals surface area contributed by atoms with Gasteiger partial charge in [0.15, 0.2) is 16.6 Å². The number of methoxy groups -OCH3 is 2. The fourth-order valence-electron chi connectivity index (χ4n) is 6.65. The van der Waals surface area contributed by atoms with Gasteiger partial charge in [-0.2, -0.15) is 0 Å². The van der Waals surface area contributed by atoms with Crippen LogP contribution in [0.15, 0.2) is 35.9 Å². The number of thiocarbonyl (C=S) groups is 2. The highest BCUT2D eigenvalue weighted by Gasteiger charge is 2.39. The molecular formula is C41H55NO9S2. The van der Waals surface area contributed by atoms with Crippen LogP contribution in [0.4, 0.5) is 5.69 Å². The molecule has 4 rings (SSSR count). The Morgan fingerprint density at radius 1 is 1.04 bits per heavy atom. The maximum atomic E-state index is 13.0. The lowest BCUT2D eigenvalue weighted by molar-refractivity contribution is -0.176. The minimum absolute atomic E-state index is 0.0176. The van der Waals surface area contributed by atoms with Gasteiger partial charge in [0.2, 0.25) is 0 Å². The van der Waals surface area contributed by atoms with Gasteiger partial charge in [-0.15, -0.1) is 0 Å². The van der Waals surface area contributed by atoms with E-state index in [0.29, 0.717) is 70.5 Å². The molecule has 2 heterocycles. The van der Waals surface area contributed by atoms with Crippen molar-refractivity contribution in [3.63, 3.8) is 0 Å². The Hall–Kier alpha value is -3.58. The number of fused-ring (bicyclic) bond motifs is 1. The Morgan fingerprint density at radius 3 is 2.51 bits per heavy atom. The molecule has 2 atom stereocenters. The molecule has 0 saturated carbocycles. The van der Waals surface area contributed by atoms with Gasteiger partial charge in [-0.05, 0) is 113 Å². The molecule has 0 bridgehead atoms. The SMILES string of the molecule is CCCCCCC1(CC)OCC(CCCCOC(=S)CC/C(C)=C/Cc2c(OC)c(C)c3c(c2OC(=S)Nc2ccc(C(=O)OC)cc2)C(=O)OC3)O1. The van der Waals surface area contributed by atoms with E-state index in [1.165, 1.54) is 26.4 Å². The number of cyclic esters (lactones) is 1. The van der Waals surface area contributed by atoms with Crippen molar-refractivity contribution < 1.29 is 42.7 Å². The number of hydrogen-bond acceptors (Lipinski definition) is 11. The number of ether oxygens (including phenoxy) is 7. The number of allylic oxidation sites excluding steroid dienone is 2. The lowest BCUT2D eigenvalue weighted by Gasteiger charge is -2.27. The predicted molar refractivity (Wildman–Crippen MR) is 213 cm³/mol. The number of carbonyl (C=O) groups is 2. The number of unbranched alkanes of at least 4 members (excludes halogenated alkanes) is 4. The van der Waals surface area contributed by atoms with Gasteiger partial charge in [0.05, 0.1) is 39.1 Å². The molecule has 0 aromatic heterocycles. The first kappa shape index (κ1) is 42.2. The van der Waals surface area contributed by atoms with Crippen molar-refractivity contribution in [2.75, 3.05) is 32.8 Å². The fourth-order valence-corrected chi connectivity index (χ4v) is 7.04. The molecule has 12 heteroatoms. The number of rotatable bonds is 20. The van der Waals surface area contributed by atoms with Crippen molar-refractivity contribution in [2.45, 2.75) is 123 Å². The highest BCUT2D eigenvalue weighted by Crippen LogP contribution is 2.43. The van der Waals surface area contributed by atoms with Gasteiger partial charge in [0.1, 0.15) is 17.9 Å². The minimum Gasteiger partial charge on any atom is -0.496 e. The average molecular weight is 770 g/mol. The number of carbonyl (C=O) groups excluding carboxylic acids is 2. The molecule has 1 fully saturated rings. The second-order valence-electron chi connectivity index (χ2n) is 13.6. The summed E-state index contributed by atoms with van der Waals surface area (Å²) in [5.41, 5.74) is 4.63. The van der Waals surface area contributed by atoms with E-state index in [0.717, 1.165) is 56.1 Å². The largest absolute Gasteiger partial charge is 0.496 e. The summed E-state index contributed by atoms with van der Waals surface area (Å²) in [6.07, 6.45) is 13.5. The number of anilines is 1. The van der Waals surface area contributed by atoms with Crippen molar-refractivity contribution in [3.05, 3.63) is 63.7 Å². The summed E-state index contributed by atoms with van der Waals surface area (Å²) >= 11 is 11.1. The van der Waals surface area contributed by atoms with E-state index in [9.17, 15) is 9.59 Å². The normalized spacial score (nSPS) is 18.0. The Balaban J connectivity index is 1.29. The summed E-state index contributed by atoms with van der Waals surface area (Å²) < 4.78 is 40.6. The first-order valence-corrected chi connectivity index (χ1v) is 19.6. The molecular weight excluding hydrogens is 715 g/mol. The Morgan fingerprint density at radius 2 is 1.81 bits per heavy atom. The van der Waals surface area contributed by atoms with Crippen LogP contribution in [0.3, 0.4) is 0 Å². The summed E-state index contributed by atoms with van der Waals surface area (Å²) in [5, 5.41) is 3.63. The molecule has 2 aliphatic rings. The average Bonchev–Trinajstić information content (AvgIpc) is 3.76.